The number of methoxy groups -OCH3 is 1. The van der Waals surface area contributed by atoms with Crippen LogP contribution >= 0.6 is 0 Å². The number of amides is 1. The van der Waals surface area contributed by atoms with Crippen LogP contribution in [-0.2, 0) is 4.74 Å². The van der Waals surface area contributed by atoms with Gasteiger partial charge in [0.05, 0.1) is 30.5 Å². The van der Waals surface area contributed by atoms with Crippen LogP contribution in [0.15, 0.2) is 35.4 Å². The molecule has 11 heteroatoms. The number of rotatable bonds is 7. The molecule has 4 atom stereocenters. The maximum atomic E-state index is 13.0. The standard InChI is InChI=1S/C22H27N7O4/c1-23-19-10-18(25-14-4-3-9-28(22(14)32)15-6-7-16(15)30)27-20-12(11-24-29(19)20)21(31)26-13-5-8-17(13)33-2/h3-4,9-11,13,15-17,23,30H,5-8H2,1-2H3,(H,25,27)(H,26,31)/t13?,15-,16-,17+/m0/s1. The second-order valence-corrected chi connectivity index (χ2v) is 8.47. The first-order valence-electron chi connectivity index (χ1n) is 11.1. The molecule has 0 radical (unpaired) electrons. The molecule has 33 heavy (non-hydrogen) atoms. The summed E-state index contributed by atoms with van der Waals surface area (Å²) in [6.07, 6.45) is 5.90. The Morgan fingerprint density at radius 3 is 2.76 bits per heavy atom. The van der Waals surface area contributed by atoms with Gasteiger partial charge in [0.15, 0.2) is 5.65 Å². The number of hydrogen-bond donors (Lipinski definition) is 4. The van der Waals surface area contributed by atoms with Crippen molar-refractivity contribution < 1.29 is 14.6 Å². The highest BCUT2D eigenvalue weighted by molar-refractivity contribution is 6.00. The highest BCUT2D eigenvalue weighted by Gasteiger charge is 2.33. The molecule has 0 spiro atoms. The van der Waals surface area contributed by atoms with E-state index in [1.165, 1.54) is 6.20 Å². The fourth-order valence-corrected chi connectivity index (χ4v) is 4.32. The van der Waals surface area contributed by atoms with Crippen molar-refractivity contribution >= 4 is 28.9 Å². The molecule has 3 heterocycles. The summed E-state index contributed by atoms with van der Waals surface area (Å²) in [6, 6.07) is 4.89. The SMILES string of the molecule is CNc1cc(Nc2cccn([C@H]3CC[C@@H]3O)c2=O)nc2c(C(=O)NC3CC[C@H]3OC)cnn12. The van der Waals surface area contributed by atoms with Gasteiger partial charge in [0.2, 0.25) is 0 Å². The second-order valence-electron chi connectivity index (χ2n) is 8.47. The van der Waals surface area contributed by atoms with E-state index in [9.17, 15) is 14.7 Å². The van der Waals surface area contributed by atoms with Gasteiger partial charge in [0, 0.05) is 26.4 Å². The molecule has 2 saturated carbocycles. The molecular formula is C22H27N7O4. The predicted octanol–water partition coefficient (Wildman–Crippen LogP) is 1.28. The molecule has 0 saturated heterocycles. The molecule has 3 aromatic rings. The largest absolute Gasteiger partial charge is 0.391 e. The Kier molecular flexibility index (Phi) is 5.51. The fourth-order valence-electron chi connectivity index (χ4n) is 4.32. The Morgan fingerprint density at radius 2 is 2.12 bits per heavy atom. The lowest BCUT2D eigenvalue weighted by Gasteiger charge is -2.35. The van der Waals surface area contributed by atoms with Gasteiger partial charge in [0.25, 0.3) is 11.5 Å². The van der Waals surface area contributed by atoms with E-state index < -0.39 is 6.10 Å². The molecule has 2 aliphatic rings. The Morgan fingerprint density at radius 1 is 1.27 bits per heavy atom. The summed E-state index contributed by atoms with van der Waals surface area (Å²) in [7, 11) is 3.38. The molecule has 11 nitrogen and oxygen atoms in total. The van der Waals surface area contributed by atoms with Crippen LogP contribution in [0.25, 0.3) is 5.65 Å². The molecule has 0 aliphatic heterocycles. The van der Waals surface area contributed by atoms with Gasteiger partial charge >= 0.3 is 0 Å². The average Bonchev–Trinajstić information content (AvgIpc) is 3.22. The minimum absolute atomic E-state index is 0.0169. The third kappa shape index (κ3) is 3.72. The average molecular weight is 454 g/mol. The van der Waals surface area contributed by atoms with Crippen molar-refractivity contribution in [3.63, 3.8) is 0 Å². The van der Waals surface area contributed by atoms with Crippen LogP contribution in [0.3, 0.4) is 0 Å². The topological polar surface area (TPSA) is 135 Å². The van der Waals surface area contributed by atoms with Crippen molar-refractivity contribution in [2.24, 2.45) is 0 Å². The number of aliphatic hydroxyl groups excluding tert-OH is 1. The molecule has 2 aliphatic carbocycles. The number of ether oxygens (including phenoxy) is 1. The van der Waals surface area contributed by atoms with Gasteiger partial charge in [-0.2, -0.15) is 9.61 Å². The molecule has 3 aromatic heterocycles. The second kappa shape index (κ2) is 8.49. The minimum Gasteiger partial charge on any atom is -0.391 e. The highest BCUT2D eigenvalue weighted by atomic mass is 16.5. The van der Waals surface area contributed by atoms with Gasteiger partial charge in [0.1, 0.15) is 22.9 Å². The molecular weight excluding hydrogens is 426 g/mol. The van der Waals surface area contributed by atoms with E-state index in [2.05, 4.69) is 26.0 Å². The Labute approximate surface area is 189 Å². The zero-order chi connectivity index (χ0) is 23.1. The first kappa shape index (κ1) is 21.4. The third-order valence-electron chi connectivity index (χ3n) is 6.60. The number of hydrogen-bond acceptors (Lipinski definition) is 8. The normalized spacial score (nSPS) is 24.1. The number of nitrogens with one attached hydrogen (secondary N) is 3. The van der Waals surface area contributed by atoms with Gasteiger partial charge in [-0.25, -0.2) is 4.98 Å². The van der Waals surface area contributed by atoms with Crippen LogP contribution in [0.1, 0.15) is 42.1 Å². The summed E-state index contributed by atoms with van der Waals surface area (Å²) >= 11 is 0. The van der Waals surface area contributed by atoms with Crippen molar-refractivity contribution in [1.29, 1.82) is 0 Å². The predicted molar refractivity (Wildman–Crippen MR) is 122 cm³/mol. The van der Waals surface area contributed by atoms with Crippen LogP contribution < -0.4 is 21.5 Å². The number of pyridine rings is 1. The Balaban J connectivity index is 1.46. The minimum atomic E-state index is -0.510. The Hall–Kier alpha value is -3.44. The van der Waals surface area contributed by atoms with Gasteiger partial charge < -0.3 is 30.4 Å². The van der Waals surface area contributed by atoms with Crippen LogP contribution in [0.4, 0.5) is 17.3 Å². The third-order valence-corrected chi connectivity index (χ3v) is 6.60. The van der Waals surface area contributed by atoms with Gasteiger partial charge in [-0.3, -0.25) is 9.59 Å². The zero-order valence-corrected chi connectivity index (χ0v) is 18.5. The highest BCUT2D eigenvalue weighted by Crippen LogP contribution is 2.31. The number of fused-ring (bicyclic) bond motifs is 1. The first-order valence-corrected chi connectivity index (χ1v) is 11.1. The van der Waals surface area contributed by atoms with E-state index in [1.807, 2.05) is 0 Å². The molecule has 4 N–H and O–H groups in total. The van der Waals surface area contributed by atoms with E-state index in [4.69, 9.17) is 4.74 Å². The number of carbonyl (C=O) groups is 1. The number of aromatic nitrogens is 4. The smallest absolute Gasteiger partial charge is 0.274 e. The summed E-state index contributed by atoms with van der Waals surface area (Å²) in [4.78, 5) is 30.5. The van der Waals surface area contributed by atoms with E-state index >= 15 is 0 Å². The quantitative estimate of drug-likeness (QED) is 0.420. The molecule has 0 aromatic carbocycles. The lowest BCUT2D eigenvalue weighted by Crippen LogP contribution is -2.51. The maximum absolute atomic E-state index is 13.0. The van der Waals surface area contributed by atoms with Crippen molar-refractivity contribution in [3.8, 4) is 0 Å². The molecule has 1 unspecified atom stereocenters. The van der Waals surface area contributed by atoms with Crippen molar-refractivity contribution in [2.45, 2.75) is 50.0 Å². The van der Waals surface area contributed by atoms with Gasteiger partial charge in [-0.05, 0) is 37.8 Å². The number of carbonyl (C=O) groups excluding carboxylic acids is 1. The summed E-state index contributed by atoms with van der Waals surface area (Å²) < 4.78 is 8.46. The molecule has 1 amide bonds. The van der Waals surface area contributed by atoms with Crippen LogP contribution in [-0.4, -0.2) is 62.6 Å². The van der Waals surface area contributed by atoms with Crippen molar-refractivity contribution in [1.82, 2.24) is 24.5 Å². The van der Waals surface area contributed by atoms with Crippen LogP contribution in [0, 0.1) is 0 Å². The lowest BCUT2D eigenvalue weighted by molar-refractivity contribution is 0.00732. The number of aliphatic hydroxyl groups is 1. The fraction of sp³-hybridized carbons (Fsp3) is 0.455. The van der Waals surface area contributed by atoms with E-state index in [0.29, 0.717) is 35.0 Å². The van der Waals surface area contributed by atoms with Crippen molar-refractivity contribution in [3.05, 3.63) is 46.5 Å². The maximum Gasteiger partial charge on any atom is 0.274 e. The monoisotopic (exact) mass is 453 g/mol. The first-order chi connectivity index (χ1) is 16.0. The summed E-state index contributed by atoms with van der Waals surface area (Å²) in [5.41, 5.74) is 0.787. The molecule has 0 bridgehead atoms. The van der Waals surface area contributed by atoms with Crippen molar-refractivity contribution in [2.75, 3.05) is 24.8 Å². The summed E-state index contributed by atoms with van der Waals surface area (Å²) in [5, 5.41) is 23.4. The lowest BCUT2D eigenvalue weighted by atomic mass is 9.89. The molecule has 2 fully saturated rings. The summed E-state index contributed by atoms with van der Waals surface area (Å²) in [6.45, 7) is 0. The number of anilines is 3. The molecule has 5 rings (SSSR count). The van der Waals surface area contributed by atoms with Crippen LogP contribution in [0.2, 0.25) is 0 Å². The number of nitrogens with zero attached hydrogens (tertiary/aromatic N) is 4. The van der Waals surface area contributed by atoms with E-state index in [0.717, 1.165) is 19.3 Å². The van der Waals surface area contributed by atoms with E-state index in [1.54, 1.807) is 47.6 Å². The molecule has 174 valence electrons. The van der Waals surface area contributed by atoms with Gasteiger partial charge in [-0.15, -0.1) is 0 Å². The van der Waals surface area contributed by atoms with Crippen LogP contribution in [0.5, 0.6) is 0 Å². The summed E-state index contributed by atoms with van der Waals surface area (Å²) in [5.74, 6) is 0.721. The zero-order valence-electron chi connectivity index (χ0n) is 18.5. The van der Waals surface area contributed by atoms with Gasteiger partial charge in [-0.1, -0.05) is 0 Å². The Bertz CT molecular complexity index is 1250. The van der Waals surface area contributed by atoms with E-state index in [-0.39, 0.29) is 29.7 Å².